The van der Waals surface area contributed by atoms with Gasteiger partial charge in [0.2, 0.25) is 0 Å². The van der Waals surface area contributed by atoms with Gasteiger partial charge in [0.15, 0.2) is 0 Å². The Morgan fingerprint density at radius 3 is 2.91 bits per heavy atom. The molecule has 0 aromatic heterocycles. The van der Waals surface area contributed by atoms with Crippen molar-refractivity contribution in [1.29, 1.82) is 0 Å². The molecule has 0 unspecified atom stereocenters. The van der Waals surface area contributed by atoms with Crippen molar-refractivity contribution in [3.8, 4) is 0 Å². The van der Waals surface area contributed by atoms with Gasteiger partial charge in [0.25, 0.3) is 0 Å². The molecule has 0 saturated heterocycles. The molecule has 0 aliphatic rings. The van der Waals surface area contributed by atoms with Crippen molar-refractivity contribution in [2.75, 3.05) is 0 Å². The lowest BCUT2D eigenvalue weighted by Gasteiger charge is -1.94. The highest BCUT2D eigenvalue weighted by Crippen LogP contribution is 2.21. The van der Waals surface area contributed by atoms with E-state index in [4.69, 9.17) is 5.53 Å². The van der Waals surface area contributed by atoms with Gasteiger partial charge in [0, 0.05) is 8.48 Å². The normalized spacial score (nSPS) is 8.91. The Balaban J connectivity index is 3.22. The third-order valence-corrected chi connectivity index (χ3v) is 1.97. The predicted octanol–water partition coefficient (Wildman–Crippen LogP) is 3.37. The Labute approximate surface area is 76.0 Å². The van der Waals surface area contributed by atoms with Crippen LogP contribution in [0.15, 0.2) is 23.3 Å². The molecule has 0 heterocycles. The molecule has 1 aromatic carbocycles. The smallest absolute Gasteiger partial charge is 0.123 e. The molecule has 0 N–H and O–H groups in total. The van der Waals surface area contributed by atoms with E-state index in [9.17, 15) is 4.39 Å². The minimum absolute atomic E-state index is 0.327. The van der Waals surface area contributed by atoms with Gasteiger partial charge in [0.05, 0.1) is 5.69 Å². The van der Waals surface area contributed by atoms with E-state index < -0.39 is 5.82 Å². The second-order valence-corrected chi connectivity index (χ2v) is 2.95. The minimum atomic E-state index is -0.396. The van der Waals surface area contributed by atoms with Crippen LogP contribution in [0.2, 0.25) is 0 Å². The van der Waals surface area contributed by atoms with Crippen molar-refractivity contribution < 1.29 is 4.39 Å². The summed E-state index contributed by atoms with van der Waals surface area (Å²) in [7, 11) is 0. The van der Waals surface area contributed by atoms with Crippen LogP contribution < -0.4 is 0 Å². The van der Waals surface area contributed by atoms with Crippen molar-refractivity contribution in [1.82, 2.24) is 0 Å². The fourth-order valence-corrected chi connectivity index (χ4v) is 1.05. The quantitative estimate of drug-likeness (QED) is 0.323. The minimum Gasteiger partial charge on any atom is -0.207 e. The summed E-state index contributed by atoms with van der Waals surface area (Å²) in [6, 6.07) is 4.07. The van der Waals surface area contributed by atoms with Gasteiger partial charge in [-0.3, -0.25) is 0 Å². The fourth-order valence-electron chi connectivity index (χ4n) is 0.611. The van der Waals surface area contributed by atoms with Crippen LogP contribution in [0.4, 0.5) is 10.1 Å². The molecule has 1 aromatic rings. The van der Waals surface area contributed by atoms with Gasteiger partial charge in [-0.25, -0.2) is 4.39 Å². The van der Waals surface area contributed by atoms with Crippen molar-refractivity contribution >= 4 is 28.3 Å². The lowest BCUT2D eigenvalue weighted by Crippen LogP contribution is -1.75. The molecule has 0 aliphatic carbocycles. The summed E-state index contributed by atoms with van der Waals surface area (Å²) in [5, 5.41) is 3.30. The monoisotopic (exact) mass is 263 g/mol. The van der Waals surface area contributed by atoms with Crippen molar-refractivity contribution in [2.24, 2.45) is 5.11 Å². The Hall–Kier alpha value is -0.810. The SMILES string of the molecule is [N-]=[N+]=Nc1cc(F)ccc1I. The molecule has 0 radical (unpaired) electrons. The maximum atomic E-state index is 12.5. The zero-order valence-corrected chi connectivity index (χ0v) is 7.49. The Bertz CT molecular complexity index is 320. The number of rotatable bonds is 1. The number of hydrogen-bond acceptors (Lipinski definition) is 1. The van der Waals surface area contributed by atoms with E-state index in [1.165, 1.54) is 12.1 Å². The molecular formula is C6H3FIN3. The molecule has 0 amide bonds. The van der Waals surface area contributed by atoms with Crippen LogP contribution in [0.25, 0.3) is 10.4 Å². The van der Waals surface area contributed by atoms with Crippen molar-refractivity contribution in [2.45, 2.75) is 0 Å². The van der Waals surface area contributed by atoms with Crippen LogP contribution in [0.1, 0.15) is 0 Å². The van der Waals surface area contributed by atoms with Crippen LogP contribution in [0.3, 0.4) is 0 Å². The molecule has 0 aliphatic heterocycles. The third kappa shape index (κ3) is 2.06. The first-order valence-corrected chi connectivity index (χ1v) is 3.82. The van der Waals surface area contributed by atoms with Gasteiger partial charge >= 0.3 is 0 Å². The highest BCUT2D eigenvalue weighted by Gasteiger charge is 1.97. The molecule has 0 fully saturated rings. The average Bonchev–Trinajstić information content (AvgIpc) is 1.98. The van der Waals surface area contributed by atoms with E-state index >= 15 is 0 Å². The van der Waals surface area contributed by atoms with Crippen LogP contribution in [-0.4, -0.2) is 0 Å². The molecule has 11 heavy (non-hydrogen) atoms. The largest absolute Gasteiger partial charge is 0.207 e. The topological polar surface area (TPSA) is 48.8 Å². The van der Waals surface area contributed by atoms with Gasteiger partial charge < -0.3 is 0 Å². The number of hydrogen-bond donors (Lipinski definition) is 0. The predicted molar refractivity (Wildman–Crippen MR) is 47.9 cm³/mol. The summed E-state index contributed by atoms with van der Waals surface area (Å²) in [6.45, 7) is 0. The summed E-state index contributed by atoms with van der Waals surface area (Å²) in [5.41, 5.74) is 8.39. The maximum Gasteiger partial charge on any atom is 0.123 e. The molecule has 3 nitrogen and oxygen atoms in total. The van der Waals surface area contributed by atoms with E-state index in [2.05, 4.69) is 10.0 Å². The lowest BCUT2D eigenvalue weighted by atomic mass is 10.3. The highest BCUT2D eigenvalue weighted by atomic mass is 127. The molecule has 56 valence electrons. The number of halogens is 2. The standard InChI is InChI=1S/C6H3FIN3/c7-4-1-2-5(8)6(3-4)10-11-9/h1-3H. The Morgan fingerprint density at radius 2 is 2.27 bits per heavy atom. The first-order valence-electron chi connectivity index (χ1n) is 2.74. The third-order valence-electron chi connectivity index (χ3n) is 1.06. The first kappa shape index (κ1) is 8.29. The van der Waals surface area contributed by atoms with E-state index in [0.717, 1.165) is 3.57 Å². The van der Waals surface area contributed by atoms with Gasteiger partial charge in [-0.2, -0.15) is 0 Å². The Kier molecular flexibility index (Phi) is 2.67. The van der Waals surface area contributed by atoms with Crippen LogP contribution in [0.5, 0.6) is 0 Å². The molecule has 0 bridgehead atoms. The second kappa shape index (κ2) is 3.54. The van der Waals surface area contributed by atoms with E-state index in [1.807, 2.05) is 22.6 Å². The molecule has 5 heteroatoms. The summed E-state index contributed by atoms with van der Waals surface area (Å²) < 4.78 is 13.2. The zero-order valence-electron chi connectivity index (χ0n) is 5.33. The van der Waals surface area contributed by atoms with Crippen LogP contribution in [0, 0.1) is 9.39 Å². The zero-order chi connectivity index (χ0) is 8.27. The van der Waals surface area contributed by atoms with Gasteiger partial charge in [0.1, 0.15) is 5.82 Å². The van der Waals surface area contributed by atoms with Gasteiger partial charge in [-0.15, -0.1) is 0 Å². The lowest BCUT2D eigenvalue weighted by molar-refractivity contribution is 0.628. The summed E-state index contributed by atoms with van der Waals surface area (Å²) in [6.07, 6.45) is 0. The number of benzene rings is 1. The molecule has 0 atom stereocenters. The maximum absolute atomic E-state index is 12.5. The number of nitrogens with zero attached hydrogens (tertiary/aromatic N) is 3. The van der Waals surface area contributed by atoms with Crippen molar-refractivity contribution in [3.63, 3.8) is 0 Å². The Morgan fingerprint density at radius 1 is 1.55 bits per heavy atom. The first-order chi connectivity index (χ1) is 5.24. The molecular weight excluding hydrogens is 260 g/mol. The second-order valence-electron chi connectivity index (χ2n) is 1.79. The van der Waals surface area contributed by atoms with E-state index in [0.29, 0.717) is 5.69 Å². The average molecular weight is 263 g/mol. The van der Waals surface area contributed by atoms with Crippen LogP contribution >= 0.6 is 22.6 Å². The molecule has 1 rings (SSSR count). The number of azide groups is 1. The van der Waals surface area contributed by atoms with Crippen molar-refractivity contribution in [3.05, 3.63) is 38.0 Å². The summed E-state index contributed by atoms with van der Waals surface area (Å²) in [4.78, 5) is 2.56. The highest BCUT2D eigenvalue weighted by molar-refractivity contribution is 14.1. The summed E-state index contributed by atoms with van der Waals surface area (Å²) in [5.74, 6) is -0.396. The molecule has 0 saturated carbocycles. The van der Waals surface area contributed by atoms with Gasteiger partial charge in [-0.1, -0.05) is 5.11 Å². The van der Waals surface area contributed by atoms with Gasteiger partial charge in [-0.05, 0) is 46.3 Å². The summed E-state index contributed by atoms with van der Waals surface area (Å²) >= 11 is 1.97. The van der Waals surface area contributed by atoms with E-state index in [1.54, 1.807) is 6.07 Å². The molecule has 0 spiro atoms. The van der Waals surface area contributed by atoms with Crippen LogP contribution in [-0.2, 0) is 0 Å². The fraction of sp³-hybridized carbons (Fsp3) is 0. The van der Waals surface area contributed by atoms with E-state index in [-0.39, 0.29) is 0 Å².